The molecular weight excluding hydrogens is 248 g/mol. The van der Waals surface area contributed by atoms with Gasteiger partial charge in [-0.3, -0.25) is 0 Å². The monoisotopic (exact) mass is 276 g/mol. The van der Waals surface area contributed by atoms with Crippen molar-refractivity contribution in [1.29, 1.82) is 0 Å². The minimum atomic E-state index is 0.269. The van der Waals surface area contributed by atoms with Crippen LogP contribution < -0.4 is 10.1 Å². The fraction of sp³-hybridized carbons (Fsp3) is 0.647. The predicted octanol–water partition coefficient (Wildman–Crippen LogP) is 2.70. The topological polar surface area (TPSA) is 24.5 Å². The van der Waals surface area contributed by atoms with E-state index in [2.05, 4.69) is 42.3 Å². The Bertz CT molecular complexity index is 421. The molecule has 0 radical (unpaired) electrons. The van der Waals surface area contributed by atoms with Crippen LogP contribution in [0, 0.1) is 0 Å². The molecule has 1 heterocycles. The highest BCUT2D eigenvalue weighted by molar-refractivity contribution is 5.28. The Hall–Kier alpha value is -1.06. The number of benzene rings is 1. The van der Waals surface area contributed by atoms with Crippen molar-refractivity contribution in [3.05, 3.63) is 29.8 Å². The molecule has 1 unspecified atom stereocenters. The van der Waals surface area contributed by atoms with E-state index in [9.17, 15) is 0 Å². The lowest BCUT2D eigenvalue weighted by molar-refractivity contribution is 0.217. The average Bonchev–Trinajstić information content (AvgIpc) is 2.68. The lowest BCUT2D eigenvalue weighted by atomic mass is 9.98. The van der Waals surface area contributed by atoms with Crippen LogP contribution in [0.25, 0.3) is 0 Å². The van der Waals surface area contributed by atoms with Crippen LogP contribution in [0.3, 0.4) is 0 Å². The van der Waals surface area contributed by atoms with E-state index in [-0.39, 0.29) is 5.54 Å². The van der Waals surface area contributed by atoms with E-state index in [0.717, 1.165) is 31.8 Å². The first-order valence-electron chi connectivity index (χ1n) is 7.75. The maximum atomic E-state index is 5.29. The van der Waals surface area contributed by atoms with Gasteiger partial charge in [0.2, 0.25) is 0 Å². The Morgan fingerprint density at radius 3 is 3.00 bits per heavy atom. The van der Waals surface area contributed by atoms with Gasteiger partial charge in [-0.05, 0) is 57.0 Å². The summed E-state index contributed by atoms with van der Waals surface area (Å²) in [6.45, 7) is 9.24. The summed E-state index contributed by atoms with van der Waals surface area (Å²) in [5.41, 5.74) is 1.63. The molecule has 0 aromatic heterocycles. The zero-order valence-corrected chi connectivity index (χ0v) is 13.1. The van der Waals surface area contributed by atoms with Crippen LogP contribution in [0.2, 0.25) is 0 Å². The molecule has 0 spiro atoms. The highest BCUT2D eigenvalue weighted by atomic mass is 16.5. The highest BCUT2D eigenvalue weighted by Gasteiger charge is 2.26. The van der Waals surface area contributed by atoms with E-state index >= 15 is 0 Å². The maximum Gasteiger partial charge on any atom is 0.119 e. The molecule has 1 atom stereocenters. The van der Waals surface area contributed by atoms with Gasteiger partial charge in [0.1, 0.15) is 5.75 Å². The van der Waals surface area contributed by atoms with Gasteiger partial charge in [-0.2, -0.15) is 0 Å². The van der Waals surface area contributed by atoms with Crippen molar-refractivity contribution in [2.24, 2.45) is 0 Å². The number of methoxy groups -OCH3 is 1. The summed E-state index contributed by atoms with van der Waals surface area (Å²) in [7, 11) is 1.73. The van der Waals surface area contributed by atoms with Gasteiger partial charge in [0.05, 0.1) is 7.11 Å². The van der Waals surface area contributed by atoms with Crippen molar-refractivity contribution in [3.8, 4) is 5.75 Å². The molecule has 0 bridgehead atoms. The maximum absolute atomic E-state index is 5.29. The standard InChI is InChI=1S/C17H28N2O/c1-4-17(2)14-19(11-6-10-18-17)12-9-15-7-5-8-16(13-15)20-3/h5,7-8,13,18H,4,6,9-12,14H2,1-3H3. The van der Waals surface area contributed by atoms with Gasteiger partial charge in [0.25, 0.3) is 0 Å². The van der Waals surface area contributed by atoms with Crippen molar-refractivity contribution in [2.45, 2.75) is 38.6 Å². The SMILES string of the molecule is CCC1(C)CN(CCc2cccc(OC)c2)CCCN1. The van der Waals surface area contributed by atoms with Crippen LogP contribution in [0.15, 0.2) is 24.3 Å². The predicted molar refractivity (Wildman–Crippen MR) is 84.5 cm³/mol. The van der Waals surface area contributed by atoms with Crippen LogP contribution in [-0.4, -0.2) is 43.7 Å². The fourth-order valence-corrected chi connectivity index (χ4v) is 2.86. The third kappa shape index (κ3) is 4.22. The van der Waals surface area contributed by atoms with Gasteiger partial charge >= 0.3 is 0 Å². The number of nitrogens with one attached hydrogen (secondary N) is 1. The summed E-state index contributed by atoms with van der Waals surface area (Å²) in [6.07, 6.45) is 3.52. The zero-order valence-electron chi connectivity index (χ0n) is 13.1. The lowest BCUT2D eigenvalue weighted by Crippen LogP contribution is -2.48. The first-order valence-corrected chi connectivity index (χ1v) is 7.75. The van der Waals surface area contributed by atoms with Gasteiger partial charge in [0.15, 0.2) is 0 Å². The molecule has 0 aliphatic carbocycles. The third-order valence-electron chi connectivity index (χ3n) is 4.41. The largest absolute Gasteiger partial charge is 0.497 e. The van der Waals surface area contributed by atoms with E-state index in [0.29, 0.717) is 0 Å². The second kappa shape index (κ2) is 7.09. The van der Waals surface area contributed by atoms with E-state index in [1.54, 1.807) is 7.11 Å². The molecule has 1 aliphatic rings. The molecule has 1 aromatic carbocycles. The van der Waals surface area contributed by atoms with Gasteiger partial charge in [-0.1, -0.05) is 19.1 Å². The second-order valence-corrected chi connectivity index (χ2v) is 6.07. The first-order chi connectivity index (χ1) is 9.65. The van der Waals surface area contributed by atoms with Crippen LogP contribution in [0.4, 0.5) is 0 Å². The van der Waals surface area contributed by atoms with Crippen LogP contribution in [-0.2, 0) is 6.42 Å². The first kappa shape index (κ1) is 15.3. The van der Waals surface area contributed by atoms with Gasteiger partial charge in [-0.15, -0.1) is 0 Å². The van der Waals surface area contributed by atoms with E-state index < -0.39 is 0 Å². The van der Waals surface area contributed by atoms with Crippen molar-refractivity contribution in [3.63, 3.8) is 0 Å². The molecule has 0 amide bonds. The van der Waals surface area contributed by atoms with Crippen LogP contribution in [0.1, 0.15) is 32.3 Å². The summed E-state index contributed by atoms with van der Waals surface area (Å²) in [5.74, 6) is 0.957. The molecule has 3 heteroatoms. The van der Waals surface area contributed by atoms with Gasteiger partial charge in [0, 0.05) is 18.6 Å². The Kier molecular flexibility index (Phi) is 5.44. The summed E-state index contributed by atoms with van der Waals surface area (Å²) < 4.78 is 5.29. The smallest absolute Gasteiger partial charge is 0.119 e. The van der Waals surface area contributed by atoms with Crippen molar-refractivity contribution in [2.75, 3.05) is 33.3 Å². The Balaban J connectivity index is 1.91. The molecule has 1 aromatic rings. The summed E-state index contributed by atoms with van der Waals surface area (Å²) >= 11 is 0. The van der Waals surface area contributed by atoms with E-state index in [1.807, 2.05) is 6.07 Å². The van der Waals surface area contributed by atoms with Crippen molar-refractivity contribution in [1.82, 2.24) is 10.2 Å². The average molecular weight is 276 g/mol. The molecule has 1 N–H and O–H groups in total. The normalized spacial score (nSPS) is 24.4. The quantitative estimate of drug-likeness (QED) is 0.895. The Morgan fingerprint density at radius 1 is 1.40 bits per heavy atom. The Morgan fingerprint density at radius 2 is 2.25 bits per heavy atom. The van der Waals surface area contributed by atoms with Crippen molar-refractivity contribution < 1.29 is 4.74 Å². The third-order valence-corrected chi connectivity index (χ3v) is 4.41. The fourth-order valence-electron chi connectivity index (χ4n) is 2.86. The number of nitrogens with zero attached hydrogens (tertiary/aromatic N) is 1. The van der Waals surface area contributed by atoms with E-state index in [4.69, 9.17) is 4.74 Å². The number of rotatable bonds is 5. The van der Waals surface area contributed by atoms with E-state index in [1.165, 1.54) is 24.9 Å². The molecule has 112 valence electrons. The Labute approximate surface area is 123 Å². The van der Waals surface area contributed by atoms with Crippen molar-refractivity contribution >= 4 is 0 Å². The number of hydrogen-bond acceptors (Lipinski definition) is 3. The zero-order chi connectivity index (χ0) is 14.4. The molecule has 0 saturated carbocycles. The molecule has 1 fully saturated rings. The number of hydrogen-bond donors (Lipinski definition) is 1. The summed E-state index contributed by atoms with van der Waals surface area (Å²) in [6, 6.07) is 8.43. The molecule has 1 saturated heterocycles. The second-order valence-electron chi connectivity index (χ2n) is 6.07. The van der Waals surface area contributed by atoms with Gasteiger partial charge < -0.3 is 15.0 Å². The highest BCUT2D eigenvalue weighted by Crippen LogP contribution is 2.17. The molecule has 3 nitrogen and oxygen atoms in total. The van der Waals surface area contributed by atoms with Gasteiger partial charge in [-0.25, -0.2) is 0 Å². The minimum Gasteiger partial charge on any atom is -0.497 e. The summed E-state index contributed by atoms with van der Waals surface area (Å²) in [5, 5.41) is 3.69. The molecule has 20 heavy (non-hydrogen) atoms. The van der Waals surface area contributed by atoms with Crippen LogP contribution in [0.5, 0.6) is 5.75 Å². The molecular formula is C17H28N2O. The summed E-state index contributed by atoms with van der Waals surface area (Å²) in [4.78, 5) is 2.60. The lowest BCUT2D eigenvalue weighted by Gasteiger charge is -2.32. The molecule has 1 aliphatic heterocycles. The minimum absolute atomic E-state index is 0.269. The number of ether oxygens (including phenoxy) is 1. The molecule has 2 rings (SSSR count). The van der Waals surface area contributed by atoms with Crippen LogP contribution >= 0.6 is 0 Å².